The number of nitrogens with two attached hydrogens (primary N) is 1. The number of nitrogens with zero attached hydrogens (tertiary/aromatic N) is 1. The molecule has 0 aliphatic rings. The quantitative estimate of drug-likeness (QED) is 0.401. The minimum Gasteiger partial charge on any atom is -0.381 e. The first-order chi connectivity index (χ1) is 6.95. The highest BCUT2D eigenvalue weighted by Gasteiger charge is 2.09. The SMILES string of the molecule is CCCOCCCN=C(N)NC(C)(C)C. The molecule has 4 heteroatoms. The number of nitrogens with one attached hydrogen (secondary N) is 1. The van der Waals surface area contributed by atoms with Crippen molar-refractivity contribution < 1.29 is 4.74 Å². The second-order valence-corrected chi connectivity index (χ2v) is 4.61. The molecule has 0 saturated carbocycles. The topological polar surface area (TPSA) is 59.6 Å². The summed E-state index contributed by atoms with van der Waals surface area (Å²) in [6, 6.07) is 0. The molecule has 0 rings (SSSR count). The molecular formula is C11H25N3O. The fourth-order valence-electron chi connectivity index (χ4n) is 1.04. The molecule has 0 unspecified atom stereocenters. The van der Waals surface area contributed by atoms with Crippen molar-refractivity contribution >= 4 is 5.96 Å². The lowest BCUT2D eigenvalue weighted by atomic mass is 10.1. The van der Waals surface area contributed by atoms with Crippen LogP contribution in [0.3, 0.4) is 0 Å². The molecule has 4 nitrogen and oxygen atoms in total. The summed E-state index contributed by atoms with van der Waals surface area (Å²) in [6.45, 7) is 10.6. The van der Waals surface area contributed by atoms with Crippen LogP contribution in [0, 0.1) is 0 Å². The van der Waals surface area contributed by atoms with E-state index in [1.165, 1.54) is 0 Å². The van der Waals surface area contributed by atoms with Crippen LogP contribution in [0.2, 0.25) is 0 Å². The molecule has 0 aliphatic carbocycles. The molecule has 3 N–H and O–H groups in total. The molecule has 0 fully saturated rings. The predicted octanol–water partition coefficient (Wildman–Crippen LogP) is 1.51. The first kappa shape index (κ1) is 14.2. The van der Waals surface area contributed by atoms with Crippen LogP contribution in [-0.2, 0) is 4.74 Å². The van der Waals surface area contributed by atoms with Gasteiger partial charge in [0, 0.05) is 25.3 Å². The van der Waals surface area contributed by atoms with Crippen LogP contribution in [0.4, 0.5) is 0 Å². The molecular weight excluding hydrogens is 190 g/mol. The predicted molar refractivity (Wildman–Crippen MR) is 65.1 cm³/mol. The molecule has 0 aromatic rings. The van der Waals surface area contributed by atoms with Gasteiger partial charge >= 0.3 is 0 Å². The second-order valence-electron chi connectivity index (χ2n) is 4.61. The zero-order valence-corrected chi connectivity index (χ0v) is 10.5. The first-order valence-corrected chi connectivity index (χ1v) is 5.61. The Hall–Kier alpha value is -0.770. The summed E-state index contributed by atoms with van der Waals surface area (Å²) in [5.41, 5.74) is 5.68. The van der Waals surface area contributed by atoms with E-state index < -0.39 is 0 Å². The Balaban J connectivity index is 3.50. The van der Waals surface area contributed by atoms with Gasteiger partial charge in [-0.2, -0.15) is 0 Å². The van der Waals surface area contributed by atoms with E-state index in [1.807, 2.05) is 0 Å². The maximum absolute atomic E-state index is 5.70. The van der Waals surface area contributed by atoms with Crippen molar-refractivity contribution in [2.75, 3.05) is 19.8 Å². The van der Waals surface area contributed by atoms with Crippen LogP contribution in [0.5, 0.6) is 0 Å². The van der Waals surface area contributed by atoms with Gasteiger partial charge in [-0.25, -0.2) is 0 Å². The summed E-state index contributed by atoms with van der Waals surface area (Å²) < 4.78 is 5.34. The third kappa shape index (κ3) is 11.2. The Morgan fingerprint density at radius 2 is 2.00 bits per heavy atom. The molecule has 15 heavy (non-hydrogen) atoms. The third-order valence-corrected chi connectivity index (χ3v) is 1.58. The van der Waals surface area contributed by atoms with Gasteiger partial charge in [-0.1, -0.05) is 6.92 Å². The monoisotopic (exact) mass is 215 g/mol. The molecule has 0 aliphatic heterocycles. The Labute approximate surface area is 93.3 Å². The first-order valence-electron chi connectivity index (χ1n) is 5.61. The fourth-order valence-corrected chi connectivity index (χ4v) is 1.04. The lowest BCUT2D eigenvalue weighted by Gasteiger charge is -2.20. The van der Waals surface area contributed by atoms with E-state index >= 15 is 0 Å². The Kier molecular flexibility index (Phi) is 7.13. The highest BCUT2D eigenvalue weighted by atomic mass is 16.5. The highest BCUT2D eigenvalue weighted by Crippen LogP contribution is 1.97. The summed E-state index contributed by atoms with van der Waals surface area (Å²) >= 11 is 0. The third-order valence-electron chi connectivity index (χ3n) is 1.58. The van der Waals surface area contributed by atoms with Gasteiger partial charge in [-0.05, 0) is 33.6 Å². The molecule has 90 valence electrons. The van der Waals surface area contributed by atoms with E-state index in [0.29, 0.717) is 5.96 Å². The van der Waals surface area contributed by atoms with E-state index in [1.54, 1.807) is 0 Å². The van der Waals surface area contributed by atoms with Crippen molar-refractivity contribution in [1.29, 1.82) is 0 Å². The average molecular weight is 215 g/mol. The van der Waals surface area contributed by atoms with Gasteiger partial charge in [0.2, 0.25) is 0 Å². The van der Waals surface area contributed by atoms with Crippen molar-refractivity contribution in [3.63, 3.8) is 0 Å². The van der Waals surface area contributed by atoms with Gasteiger partial charge in [-0.3, -0.25) is 4.99 Å². The number of hydrogen-bond acceptors (Lipinski definition) is 2. The van der Waals surface area contributed by atoms with Gasteiger partial charge in [-0.15, -0.1) is 0 Å². The van der Waals surface area contributed by atoms with Crippen molar-refractivity contribution in [2.45, 2.75) is 46.1 Å². The Morgan fingerprint density at radius 3 is 2.53 bits per heavy atom. The van der Waals surface area contributed by atoms with Crippen molar-refractivity contribution in [1.82, 2.24) is 5.32 Å². The summed E-state index contributed by atoms with van der Waals surface area (Å²) in [7, 11) is 0. The van der Waals surface area contributed by atoms with E-state index in [-0.39, 0.29) is 5.54 Å². The molecule has 0 radical (unpaired) electrons. The fraction of sp³-hybridized carbons (Fsp3) is 0.909. The molecule has 0 aromatic carbocycles. The van der Waals surface area contributed by atoms with Gasteiger partial charge in [0.05, 0.1) is 0 Å². The minimum absolute atomic E-state index is 0.0215. The number of guanidine groups is 1. The van der Waals surface area contributed by atoms with Crippen LogP contribution in [0.1, 0.15) is 40.5 Å². The standard InChI is InChI=1S/C11H25N3O/c1-5-8-15-9-6-7-13-10(12)14-11(2,3)4/h5-9H2,1-4H3,(H3,12,13,14). The van der Waals surface area contributed by atoms with Crippen LogP contribution in [0.15, 0.2) is 4.99 Å². The molecule has 0 atom stereocenters. The lowest BCUT2D eigenvalue weighted by Crippen LogP contribution is -2.45. The van der Waals surface area contributed by atoms with E-state index in [9.17, 15) is 0 Å². The second kappa shape index (κ2) is 7.51. The van der Waals surface area contributed by atoms with Gasteiger partial charge in [0.15, 0.2) is 5.96 Å². The number of ether oxygens (including phenoxy) is 1. The number of aliphatic imine (C=N–C) groups is 1. The zero-order valence-electron chi connectivity index (χ0n) is 10.5. The summed E-state index contributed by atoms with van der Waals surface area (Å²) in [6.07, 6.45) is 1.99. The molecule has 0 spiro atoms. The van der Waals surface area contributed by atoms with E-state index in [0.717, 1.165) is 32.6 Å². The van der Waals surface area contributed by atoms with Crippen LogP contribution in [0.25, 0.3) is 0 Å². The Bertz CT molecular complexity index is 185. The van der Waals surface area contributed by atoms with E-state index in [4.69, 9.17) is 10.5 Å². The maximum atomic E-state index is 5.70. The van der Waals surface area contributed by atoms with Gasteiger partial charge < -0.3 is 15.8 Å². The van der Waals surface area contributed by atoms with Crippen LogP contribution < -0.4 is 11.1 Å². The molecule has 0 amide bonds. The van der Waals surface area contributed by atoms with Crippen LogP contribution in [-0.4, -0.2) is 31.3 Å². The maximum Gasteiger partial charge on any atom is 0.188 e. The summed E-state index contributed by atoms with van der Waals surface area (Å²) in [5, 5.41) is 3.11. The van der Waals surface area contributed by atoms with Crippen molar-refractivity contribution in [3.05, 3.63) is 0 Å². The van der Waals surface area contributed by atoms with E-state index in [2.05, 4.69) is 38.0 Å². The largest absolute Gasteiger partial charge is 0.381 e. The van der Waals surface area contributed by atoms with Gasteiger partial charge in [0.1, 0.15) is 0 Å². The lowest BCUT2D eigenvalue weighted by molar-refractivity contribution is 0.134. The number of rotatable bonds is 6. The molecule has 0 bridgehead atoms. The summed E-state index contributed by atoms with van der Waals surface area (Å²) in [4.78, 5) is 4.21. The van der Waals surface area contributed by atoms with Crippen LogP contribution >= 0.6 is 0 Å². The average Bonchev–Trinajstić information content (AvgIpc) is 2.08. The minimum atomic E-state index is -0.0215. The molecule has 0 heterocycles. The van der Waals surface area contributed by atoms with Crippen molar-refractivity contribution in [3.8, 4) is 0 Å². The number of hydrogen-bond donors (Lipinski definition) is 2. The highest BCUT2D eigenvalue weighted by molar-refractivity contribution is 5.78. The van der Waals surface area contributed by atoms with Gasteiger partial charge in [0.25, 0.3) is 0 Å². The smallest absolute Gasteiger partial charge is 0.188 e. The zero-order chi connectivity index (χ0) is 11.7. The normalized spacial score (nSPS) is 12.9. The summed E-state index contributed by atoms with van der Waals surface area (Å²) in [5.74, 6) is 0.512. The Morgan fingerprint density at radius 1 is 1.33 bits per heavy atom. The van der Waals surface area contributed by atoms with Crippen molar-refractivity contribution in [2.24, 2.45) is 10.7 Å². The molecule has 0 saturated heterocycles. The molecule has 0 aromatic heterocycles.